The summed E-state index contributed by atoms with van der Waals surface area (Å²) in [5.74, 6) is 2.00. The van der Waals surface area contributed by atoms with Crippen LogP contribution in [0.5, 0.6) is 5.75 Å². The van der Waals surface area contributed by atoms with Crippen molar-refractivity contribution in [3.63, 3.8) is 0 Å². The first-order valence-corrected chi connectivity index (χ1v) is 10.2. The largest absolute Gasteiger partial charge is 0.491 e. The van der Waals surface area contributed by atoms with Gasteiger partial charge in [-0.1, -0.05) is 6.92 Å². The van der Waals surface area contributed by atoms with E-state index >= 15 is 4.39 Å². The molecule has 3 aliphatic heterocycles. The fraction of sp³-hybridized carbons (Fsp3) is 0.524. The van der Waals surface area contributed by atoms with Gasteiger partial charge in [-0.25, -0.2) is 9.37 Å². The average molecular weight is 398 g/mol. The van der Waals surface area contributed by atoms with Crippen LogP contribution in [-0.2, 0) is 6.42 Å². The van der Waals surface area contributed by atoms with Crippen LogP contribution in [0.25, 0.3) is 0 Å². The van der Waals surface area contributed by atoms with Crippen molar-refractivity contribution in [1.82, 2.24) is 15.3 Å². The van der Waals surface area contributed by atoms with Gasteiger partial charge in [0, 0.05) is 62.4 Å². The predicted molar refractivity (Wildman–Crippen MR) is 112 cm³/mol. The van der Waals surface area contributed by atoms with Crippen LogP contribution in [0.3, 0.4) is 0 Å². The van der Waals surface area contributed by atoms with Gasteiger partial charge in [-0.2, -0.15) is 4.98 Å². The predicted octanol–water partition coefficient (Wildman–Crippen LogP) is 2.69. The first kappa shape index (κ1) is 18.4. The molecule has 2 saturated heterocycles. The molecule has 2 aromatic rings. The fourth-order valence-corrected chi connectivity index (χ4v) is 4.87. The Labute approximate surface area is 170 Å². The molecule has 154 valence electrons. The highest BCUT2D eigenvalue weighted by Gasteiger charge is 2.47. The van der Waals surface area contributed by atoms with E-state index in [4.69, 9.17) is 4.74 Å². The van der Waals surface area contributed by atoms with Gasteiger partial charge in [-0.15, -0.1) is 0 Å². The molecule has 1 aromatic carbocycles. The number of anilines is 4. The van der Waals surface area contributed by atoms with Crippen LogP contribution >= 0.6 is 0 Å². The van der Waals surface area contributed by atoms with Crippen molar-refractivity contribution < 1.29 is 9.13 Å². The normalized spacial score (nSPS) is 25.0. The van der Waals surface area contributed by atoms with E-state index in [9.17, 15) is 0 Å². The Morgan fingerprint density at radius 1 is 1.34 bits per heavy atom. The molecule has 2 unspecified atom stereocenters. The van der Waals surface area contributed by atoms with Crippen molar-refractivity contribution in [3.8, 4) is 5.75 Å². The average Bonchev–Trinajstić information content (AvgIpc) is 3.35. The highest BCUT2D eigenvalue weighted by atomic mass is 19.1. The summed E-state index contributed by atoms with van der Waals surface area (Å²) in [6.45, 7) is 8.39. The van der Waals surface area contributed by atoms with Crippen molar-refractivity contribution in [1.29, 1.82) is 0 Å². The second-order valence-corrected chi connectivity index (χ2v) is 8.63. The molecule has 2 fully saturated rings. The number of aromatic nitrogens is 2. The summed E-state index contributed by atoms with van der Waals surface area (Å²) < 4.78 is 21.7. The number of hydrogen-bond acceptors (Lipinski definition) is 7. The monoisotopic (exact) mass is 398 g/mol. The third kappa shape index (κ3) is 3.06. The lowest BCUT2D eigenvalue weighted by molar-refractivity contribution is 0.338. The highest BCUT2D eigenvalue weighted by molar-refractivity contribution is 5.74. The Morgan fingerprint density at radius 2 is 2.21 bits per heavy atom. The van der Waals surface area contributed by atoms with Gasteiger partial charge in [0.25, 0.3) is 0 Å². The summed E-state index contributed by atoms with van der Waals surface area (Å²) in [4.78, 5) is 11.0. The third-order valence-corrected chi connectivity index (χ3v) is 6.46. The van der Waals surface area contributed by atoms with E-state index in [1.165, 1.54) is 0 Å². The first-order chi connectivity index (χ1) is 14.0. The van der Waals surface area contributed by atoms with Crippen LogP contribution in [0, 0.1) is 24.1 Å². The van der Waals surface area contributed by atoms with E-state index in [2.05, 4.69) is 37.7 Å². The van der Waals surface area contributed by atoms with E-state index in [0.717, 1.165) is 43.9 Å². The molecule has 4 heterocycles. The molecular weight excluding hydrogens is 371 g/mol. The number of nitrogens with zero attached hydrogens (tertiary/aromatic N) is 3. The van der Waals surface area contributed by atoms with Crippen molar-refractivity contribution in [2.45, 2.75) is 20.3 Å². The van der Waals surface area contributed by atoms with Gasteiger partial charge in [0.2, 0.25) is 5.95 Å². The number of rotatable bonds is 4. The molecule has 5 rings (SSSR count). The Hall–Kier alpha value is -2.61. The van der Waals surface area contributed by atoms with E-state index in [0.29, 0.717) is 41.4 Å². The first-order valence-electron chi connectivity index (χ1n) is 10.2. The van der Waals surface area contributed by atoms with Gasteiger partial charge in [-0.3, -0.25) is 0 Å². The molecule has 0 radical (unpaired) electrons. The summed E-state index contributed by atoms with van der Waals surface area (Å²) in [5, 5.41) is 9.60. The molecule has 0 bridgehead atoms. The molecule has 3 N–H and O–H groups in total. The minimum absolute atomic E-state index is 0.169. The van der Waals surface area contributed by atoms with Gasteiger partial charge in [0.05, 0.1) is 12.3 Å². The SMILES string of the molecule is CNc1cc(C)nc(Nc2cc3c(c(N4CC5CNCC5(C)C4)c2F)OCC3)n1. The molecule has 3 aliphatic rings. The Kier molecular flexibility index (Phi) is 4.27. The van der Waals surface area contributed by atoms with Crippen LogP contribution in [-0.4, -0.2) is 49.8 Å². The number of aryl methyl sites for hydroxylation is 1. The molecule has 1 aromatic heterocycles. The van der Waals surface area contributed by atoms with Gasteiger partial charge in [0.15, 0.2) is 5.82 Å². The zero-order chi connectivity index (χ0) is 20.2. The second kappa shape index (κ2) is 6.73. The number of ether oxygens (including phenoxy) is 1. The van der Waals surface area contributed by atoms with Crippen LogP contribution in [0.1, 0.15) is 18.2 Å². The van der Waals surface area contributed by atoms with Crippen molar-refractivity contribution >= 4 is 23.1 Å². The van der Waals surface area contributed by atoms with E-state index in [1.807, 2.05) is 19.1 Å². The molecule has 7 nitrogen and oxygen atoms in total. The quantitative estimate of drug-likeness (QED) is 0.731. The van der Waals surface area contributed by atoms with Gasteiger partial charge in [-0.05, 0) is 18.9 Å². The van der Waals surface area contributed by atoms with Crippen LogP contribution in [0.15, 0.2) is 12.1 Å². The Morgan fingerprint density at radius 3 is 3.00 bits per heavy atom. The van der Waals surface area contributed by atoms with E-state index < -0.39 is 0 Å². The van der Waals surface area contributed by atoms with Crippen LogP contribution in [0.2, 0.25) is 0 Å². The molecular formula is C21H27FN6O. The number of nitrogens with one attached hydrogen (secondary N) is 3. The number of benzene rings is 1. The molecule has 2 atom stereocenters. The number of halogens is 1. The summed E-state index contributed by atoms with van der Waals surface area (Å²) in [6, 6.07) is 3.69. The van der Waals surface area contributed by atoms with Crippen molar-refractivity contribution in [2.75, 3.05) is 55.4 Å². The standard InChI is InChI=1S/C21H27FN6O/c1-12-6-16(23-3)27-20(25-12)26-15-7-13-4-5-29-19(13)18(17(15)22)28-9-14-8-24-10-21(14,2)11-28/h6-7,14,24H,4-5,8-11H2,1-3H3,(H2,23,25,26,27). The number of hydrogen-bond donors (Lipinski definition) is 3. The summed E-state index contributed by atoms with van der Waals surface area (Å²) in [5.41, 5.74) is 3.00. The maximum absolute atomic E-state index is 15.8. The van der Waals surface area contributed by atoms with Crippen LogP contribution < -0.4 is 25.6 Å². The lowest BCUT2D eigenvalue weighted by Crippen LogP contribution is -2.30. The van der Waals surface area contributed by atoms with Crippen molar-refractivity contribution in [2.24, 2.45) is 11.3 Å². The van der Waals surface area contributed by atoms with Gasteiger partial charge in [0.1, 0.15) is 17.3 Å². The van der Waals surface area contributed by atoms with Crippen LogP contribution in [0.4, 0.5) is 27.5 Å². The fourth-order valence-electron chi connectivity index (χ4n) is 4.87. The Balaban J connectivity index is 1.53. The lowest BCUT2D eigenvalue weighted by atomic mass is 9.83. The van der Waals surface area contributed by atoms with E-state index in [1.54, 1.807) is 7.05 Å². The maximum atomic E-state index is 15.8. The maximum Gasteiger partial charge on any atom is 0.229 e. The highest BCUT2D eigenvalue weighted by Crippen LogP contribution is 2.48. The zero-order valence-corrected chi connectivity index (χ0v) is 17.1. The molecule has 29 heavy (non-hydrogen) atoms. The van der Waals surface area contributed by atoms with Gasteiger partial charge >= 0.3 is 0 Å². The van der Waals surface area contributed by atoms with E-state index in [-0.39, 0.29) is 11.2 Å². The summed E-state index contributed by atoms with van der Waals surface area (Å²) >= 11 is 0. The molecule has 0 aliphatic carbocycles. The molecule has 0 saturated carbocycles. The molecule has 0 spiro atoms. The summed E-state index contributed by atoms with van der Waals surface area (Å²) in [6.07, 6.45) is 0.782. The Bertz CT molecular complexity index is 967. The lowest BCUT2D eigenvalue weighted by Gasteiger charge is -2.26. The topological polar surface area (TPSA) is 74.3 Å². The second-order valence-electron chi connectivity index (χ2n) is 8.63. The zero-order valence-electron chi connectivity index (χ0n) is 17.1. The van der Waals surface area contributed by atoms with Crippen molar-refractivity contribution in [3.05, 3.63) is 29.2 Å². The smallest absolute Gasteiger partial charge is 0.229 e. The number of fused-ring (bicyclic) bond motifs is 2. The minimum atomic E-state index is -0.293. The minimum Gasteiger partial charge on any atom is -0.491 e. The molecule has 8 heteroatoms. The van der Waals surface area contributed by atoms with Gasteiger partial charge < -0.3 is 25.6 Å². The third-order valence-electron chi connectivity index (χ3n) is 6.46. The molecule has 0 amide bonds. The summed E-state index contributed by atoms with van der Waals surface area (Å²) in [7, 11) is 1.80.